The van der Waals surface area contributed by atoms with E-state index in [-0.39, 0.29) is 11.6 Å². The lowest BCUT2D eigenvalue weighted by Gasteiger charge is -2.00. The van der Waals surface area contributed by atoms with E-state index in [4.69, 9.17) is 11.6 Å². The average Bonchev–Trinajstić information content (AvgIpc) is 2.03. The van der Waals surface area contributed by atoms with Crippen molar-refractivity contribution in [3.05, 3.63) is 34.6 Å². The molecular formula is C8H5ClFO2. The fourth-order valence-corrected chi connectivity index (χ4v) is 0.968. The second-order valence-corrected chi connectivity index (χ2v) is 2.51. The van der Waals surface area contributed by atoms with Crippen LogP contribution in [-0.2, 0) is 16.1 Å². The van der Waals surface area contributed by atoms with Gasteiger partial charge < -0.3 is 4.74 Å². The van der Waals surface area contributed by atoms with E-state index in [1.54, 1.807) is 0 Å². The number of carbonyl (C=O) groups excluding carboxylic acids is 1. The molecule has 1 aromatic carbocycles. The first-order valence-electron chi connectivity index (χ1n) is 3.17. The van der Waals surface area contributed by atoms with Crippen LogP contribution in [0.5, 0.6) is 0 Å². The first-order chi connectivity index (χ1) is 5.74. The Morgan fingerprint density at radius 3 is 2.92 bits per heavy atom. The third kappa shape index (κ3) is 2.20. The molecular weight excluding hydrogens is 183 g/mol. The van der Waals surface area contributed by atoms with Gasteiger partial charge in [-0.25, -0.2) is 9.18 Å². The summed E-state index contributed by atoms with van der Waals surface area (Å²) in [5.41, 5.74) is 0.557. The van der Waals surface area contributed by atoms with Crippen LogP contribution in [0, 0.1) is 5.82 Å². The van der Waals surface area contributed by atoms with Crippen LogP contribution in [0.2, 0.25) is 5.02 Å². The van der Waals surface area contributed by atoms with Crippen LogP contribution >= 0.6 is 11.6 Å². The van der Waals surface area contributed by atoms with E-state index in [2.05, 4.69) is 4.74 Å². The van der Waals surface area contributed by atoms with E-state index in [0.29, 0.717) is 5.56 Å². The van der Waals surface area contributed by atoms with Gasteiger partial charge in [0.05, 0.1) is 5.02 Å². The van der Waals surface area contributed by atoms with Crippen LogP contribution in [0.1, 0.15) is 5.56 Å². The zero-order valence-corrected chi connectivity index (χ0v) is 6.77. The van der Waals surface area contributed by atoms with Crippen molar-refractivity contribution in [2.75, 3.05) is 0 Å². The molecule has 0 saturated carbocycles. The van der Waals surface area contributed by atoms with Gasteiger partial charge in [-0.1, -0.05) is 17.7 Å². The molecule has 0 aliphatic rings. The highest BCUT2D eigenvalue weighted by Crippen LogP contribution is 2.17. The molecule has 0 amide bonds. The van der Waals surface area contributed by atoms with Gasteiger partial charge in [0.1, 0.15) is 12.4 Å². The lowest BCUT2D eigenvalue weighted by molar-refractivity contribution is 0.267. The standard InChI is InChI=1S/C8H5ClFO2/c9-8-3-7(10)2-1-6(8)4-12-5-11/h1-3H,4H2. The second kappa shape index (κ2) is 4.07. The zero-order chi connectivity index (χ0) is 8.97. The van der Waals surface area contributed by atoms with Crippen molar-refractivity contribution in [2.45, 2.75) is 6.61 Å². The summed E-state index contributed by atoms with van der Waals surface area (Å²) in [6.07, 6.45) is 0. The van der Waals surface area contributed by atoms with Gasteiger partial charge in [-0.05, 0) is 12.1 Å². The molecule has 0 spiro atoms. The Morgan fingerprint density at radius 1 is 1.58 bits per heavy atom. The molecule has 63 valence electrons. The predicted molar refractivity (Wildman–Crippen MR) is 41.9 cm³/mol. The van der Waals surface area contributed by atoms with Crippen molar-refractivity contribution in [1.29, 1.82) is 0 Å². The fraction of sp³-hybridized carbons (Fsp3) is 0.125. The summed E-state index contributed by atoms with van der Waals surface area (Å²) in [6.45, 7) is 1.27. The first kappa shape index (κ1) is 9.00. The topological polar surface area (TPSA) is 26.3 Å². The summed E-state index contributed by atoms with van der Waals surface area (Å²) in [7, 11) is 0. The van der Waals surface area contributed by atoms with Gasteiger partial charge in [0.2, 0.25) is 0 Å². The third-order valence-corrected chi connectivity index (χ3v) is 1.65. The van der Waals surface area contributed by atoms with Gasteiger partial charge in [0, 0.05) is 5.56 Å². The van der Waals surface area contributed by atoms with Crippen LogP contribution < -0.4 is 0 Å². The van der Waals surface area contributed by atoms with Gasteiger partial charge in [-0.3, -0.25) is 0 Å². The van der Waals surface area contributed by atoms with Crippen molar-refractivity contribution >= 4 is 18.1 Å². The molecule has 0 bridgehead atoms. The summed E-state index contributed by atoms with van der Waals surface area (Å²) in [4.78, 5) is 9.69. The van der Waals surface area contributed by atoms with E-state index < -0.39 is 5.82 Å². The highest BCUT2D eigenvalue weighted by molar-refractivity contribution is 6.31. The van der Waals surface area contributed by atoms with Crippen molar-refractivity contribution in [3.63, 3.8) is 0 Å². The predicted octanol–water partition coefficient (Wildman–Crippen LogP) is 2.06. The normalized spacial score (nSPS) is 9.50. The third-order valence-electron chi connectivity index (χ3n) is 1.30. The van der Waals surface area contributed by atoms with Crippen LogP contribution in [-0.4, -0.2) is 6.47 Å². The van der Waals surface area contributed by atoms with E-state index >= 15 is 0 Å². The Hall–Kier alpha value is -1.09. The minimum atomic E-state index is -0.418. The number of benzene rings is 1. The molecule has 4 heteroatoms. The quantitative estimate of drug-likeness (QED) is 0.724. The second-order valence-electron chi connectivity index (χ2n) is 2.11. The lowest BCUT2D eigenvalue weighted by atomic mass is 10.2. The van der Waals surface area contributed by atoms with Gasteiger partial charge in [-0.2, -0.15) is 0 Å². The Bertz CT molecular complexity index is 288. The molecule has 1 aromatic rings. The fourth-order valence-electron chi connectivity index (χ4n) is 0.746. The number of halogens is 2. The van der Waals surface area contributed by atoms with Crippen LogP contribution in [0.4, 0.5) is 4.39 Å². The molecule has 2 nitrogen and oxygen atoms in total. The molecule has 12 heavy (non-hydrogen) atoms. The maximum absolute atomic E-state index is 12.5. The molecule has 0 unspecified atom stereocenters. The van der Waals surface area contributed by atoms with Crippen molar-refractivity contribution in [2.24, 2.45) is 0 Å². The van der Waals surface area contributed by atoms with E-state index in [1.807, 2.05) is 0 Å². The number of hydrogen-bond acceptors (Lipinski definition) is 2. The van der Waals surface area contributed by atoms with Crippen molar-refractivity contribution in [3.8, 4) is 0 Å². The molecule has 1 rings (SSSR count). The maximum Gasteiger partial charge on any atom is 0.417 e. The Morgan fingerprint density at radius 2 is 2.33 bits per heavy atom. The molecule has 0 heterocycles. The van der Waals surface area contributed by atoms with Gasteiger partial charge in [-0.15, -0.1) is 0 Å². The van der Waals surface area contributed by atoms with Gasteiger partial charge in [0.25, 0.3) is 0 Å². The lowest BCUT2D eigenvalue weighted by Crippen LogP contribution is -1.91. The summed E-state index contributed by atoms with van der Waals surface area (Å²) in [5.74, 6) is -0.418. The number of ether oxygens (including phenoxy) is 1. The van der Waals surface area contributed by atoms with Crippen molar-refractivity contribution in [1.82, 2.24) is 0 Å². The highest BCUT2D eigenvalue weighted by atomic mass is 35.5. The summed E-state index contributed by atoms with van der Waals surface area (Å²) < 4.78 is 16.8. The van der Waals surface area contributed by atoms with E-state index in [9.17, 15) is 9.18 Å². The number of rotatable bonds is 3. The van der Waals surface area contributed by atoms with Crippen LogP contribution in [0.3, 0.4) is 0 Å². The first-order valence-corrected chi connectivity index (χ1v) is 3.54. The number of hydrogen-bond donors (Lipinski definition) is 0. The molecule has 0 atom stereocenters. The highest BCUT2D eigenvalue weighted by Gasteiger charge is 2.01. The summed E-state index contributed by atoms with van der Waals surface area (Å²) in [5, 5.41) is 0.241. The zero-order valence-electron chi connectivity index (χ0n) is 6.01. The largest absolute Gasteiger partial charge is 0.452 e. The molecule has 0 aliphatic carbocycles. The van der Waals surface area contributed by atoms with Gasteiger partial charge in [0.15, 0.2) is 0 Å². The van der Waals surface area contributed by atoms with E-state index in [1.165, 1.54) is 18.6 Å². The molecule has 0 saturated heterocycles. The maximum atomic E-state index is 12.5. The SMILES string of the molecule is O=[C]OCc1ccc(F)cc1Cl. The Kier molecular flexibility index (Phi) is 3.05. The Labute approximate surface area is 73.9 Å². The summed E-state index contributed by atoms with van der Waals surface area (Å²) in [6, 6.07) is 3.86. The average molecular weight is 188 g/mol. The Balaban J connectivity index is 2.78. The van der Waals surface area contributed by atoms with Crippen LogP contribution in [0.15, 0.2) is 18.2 Å². The van der Waals surface area contributed by atoms with Crippen LogP contribution in [0.25, 0.3) is 0 Å². The smallest absolute Gasteiger partial charge is 0.417 e. The molecule has 0 aromatic heterocycles. The summed E-state index contributed by atoms with van der Waals surface area (Å²) >= 11 is 5.62. The minimum Gasteiger partial charge on any atom is -0.452 e. The molecule has 0 N–H and O–H groups in total. The molecule has 0 aliphatic heterocycles. The van der Waals surface area contributed by atoms with E-state index in [0.717, 1.165) is 6.07 Å². The van der Waals surface area contributed by atoms with Crippen molar-refractivity contribution < 1.29 is 13.9 Å². The molecule has 0 fully saturated rings. The monoisotopic (exact) mass is 187 g/mol. The molecule has 1 radical (unpaired) electrons. The minimum absolute atomic E-state index is 0.0165. The van der Waals surface area contributed by atoms with Gasteiger partial charge >= 0.3 is 6.47 Å².